The van der Waals surface area contributed by atoms with Gasteiger partial charge >= 0.3 is 6.18 Å². The highest BCUT2D eigenvalue weighted by Crippen LogP contribution is 2.39. The smallest absolute Gasteiger partial charge is 0.342 e. The van der Waals surface area contributed by atoms with Gasteiger partial charge in [-0.25, -0.2) is 0 Å². The maximum atomic E-state index is 13.4. The lowest BCUT2D eigenvalue weighted by molar-refractivity contribution is -0.138. The summed E-state index contributed by atoms with van der Waals surface area (Å²) in [5.41, 5.74) is 1.88. The van der Waals surface area contributed by atoms with Crippen LogP contribution in [0.2, 0.25) is 0 Å². The van der Waals surface area contributed by atoms with E-state index in [2.05, 4.69) is 0 Å². The van der Waals surface area contributed by atoms with Crippen LogP contribution in [-0.4, -0.2) is 4.57 Å². The van der Waals surface area contributed by atoms with Crippen molar-refractivity contribution in [2.45, 2.75) is 12.7 Å². The molecule has 3 rings (SSSR count). The molecule has 3 aromatic rings. The molecular formula is C19H12F3IN2. The lowest BCUT2D eigenvalue weighted by Gasteiger charge is -2.10. The highest BCUT2D eigenvalue weighted by molar-refractivity contribution is 14.1. The van der Waals surface area contributed by atoms with Crippen molar-refractivity contribution in [1.29, 1.82) is 5.26 Å². The number of hydrogen-bond donors (Lipinski definition) is 0. The molecule has 2 nitrogen and oxygen atoms in total. The Labute approximate surface area is 156 Å². The molecular weight excluding hydrogens is 440 g/mol. The third-order valence-corrected chi connectivity index (χ3v) is 4.90. The fourth-order valence-electron chi connectivity index (χ4n) is 2.63. The molecule has 126 valence electrons. The van der Waals surface area contributed by atoms with Crippen molar-refractivity contribution < 1.29 is 13.2 Å². The van der Waals surface area contributed by atoms with E-state index in [4.69, 9.17) is 5.26 Å². The first-order valence-corrected chi connectivity index (χ1v) is 8.48. The normalized spacial score (nSPS) is 11.3. The zero-order valence-electron chi connectivity index (χ0n) is 12.9. The first kappa shape index (κ1) is 17.5. The zero-order chi connectivity index (χ0) is 18.0. The van der Waals surface area contributed by atoms with Crippen LogP contribution in [0.4, 0.5) is 13.2 Å². The summed E-state index contributed by atoms with van der Waals surface area (Å²) < 4.78 is 41.8. The summed E-state index contributed by atoms with van der Waals surface area (Å²) in [6.45, 7) is 0.336. The largest absolute Gasteiger partial charge is 0.418 e. The fraction of sp³-hybridized carbons (Fsp3) is 0.105. The predicted molar refractivity (Wildman–Crippen MR) is 97.8 cm³/mol. The van der Waals surface area contributed by atoms with Crippen molar-refractivity contribution in [3.05, 3.63) is 81.1 Å². The molecule has 0 atom stereocenters. The average molecular weight is 452 g/mol. The molecule has 0 amide bonds. The van der Waals surface area contributed by atoms with E-state index in [1.807, 2.05) is 36.4 Å². The van der Waals surface area contributed by atoms with Crippen molar-refractivity contribution in [2.75, 3.05) is 0 Å². The molecule has 6 heteroatoms. The van der Waals surface area contributed by atoms with Crippen LogP contribution in [0, 0.1) is 14.9 Å². The topological polar surface area (TPSA) is 28.7 Å². The number of rotatable bonds is 3. The van der Waals surface area contributed by atoms with E-state index in [1.54, 1.807) is 51.4 Å². The number of nitriles is 1. The van der Waals surface area contributed by atoms with Gasteiger partial charge in [-0.2, -0.15) is 18.4 Å². The van der Waals surface area contributed by atoms with E-state index in [0.717, 1.165) is 11.8 Å². The molecule has 1 heterocycles. The molecule has 0 saturated carbocycles. The minimum atomic E-state index is -4.42. The highest BCUT2D eigenvalue weighted by atomic mass is 127. The van der Waals surface area contributed by atoms with Crippen LogP contribution < -0.4 is 0 Å². The third kappa shape index (κ3) is 3.71. The molecule has 0 aliphatic rings. The van der Waals surface area contributed by atoms with Gasteiger partial charge in [-0.15, -0.1) is 0 Å². The standard InChI is InChI=1S/C19H12F3IN2/c20-19(21,22)16-12-25(11-14-4-2-1-3-5-14)18(17(16)23)15-8-6-13(10-24)7-9-15/h1-9,12H,11H2. The maximum Gasteiger partial charge on any atom is 0.418 e. The molecule has 0 aliphatic carbocycles. The van der Waals surface area contributed by atoms with Gasteiger partial charge in [0.05, 0.1) is 26.5 Å². The Morgan fingerprint density at radius 1 is 1.00 bits per heavy atom. The Morgan fingerprint density at radius 2 is 1.64 bits per heavy atom. The predicted octanol–water partition coefficient (Wildman–Crippen LogP) is 5.70. The minimum Gasteiger partial charge on any atom is -0.342 e. The molecule has 0 bridgehead atoms. The molecule has 2 aromatic carbocycles. The lowest BCUT2D eigenvalue weighted by Crippen LogP contribution is -2.05. The van der Waals surface area contributed by atoms with Crippen molar-refractivity contribution in [3.63, 3.8) is 0 Å². The van der Waals surface area contributed by atoms with Crippen molar-refractivity contribution in [1.82, 2.24) is 4.57 Å². The Bertz CT molecular complexity index is 920. The van der Waals surface area contributed by atoms with Crippen LogP contribution in [0.1, 0.15) is 16.7 Å². The van der Waals surface area contributed by atoms with Crippen molar-refractivity contribution in [3.8, 4) is 17.3 Å². The van der Waals surface area contributed by atoms with Gasteiger partial charge in [0, 0.05) is 12.7 Å². The van der Waals surface area contributed by atoms with Crippen molar-refractivity contribution in [2.24, 2.45) is 0 Å². The summed E-state index contributed by atoms with van der Waals surface area (Å²) in [5.74, 6) is 0. The van der Waals surface area contributed by atoms with Crippen LogP contribution in [0.15, 0.2) is 60.8 Å². The van der Waals surface area contributed by atoms with Crippen LogP contribution in [0.5, 0.6) is 0 Å². The monoisotopic (exact) mass is 452 g/mol. The molecule has 0 unspecified atom stereocenters. The summed E-state index contributed by atoms with van der Waals surface area (Å²) in [6, 6.07) is 17.9. The quantitative estimate of drug-likeness (QED) is 0.469. The first-order valence-electron chi connectivity index (χ1n) is 7.40. The molecule has 0 spiro atoms. The third-order valence-electron chi connectivity index (χ3n) is 3.81. The van der Waals surface area contributed by atoms with Gasteiger partial charge in [0.15, 0.2) is 0 Å². The van der Waals surface area contributed by atoms with Gasteiger partial charge in [-0.1, -0.05) is 42.5 Å². The van der Waals surface area contributed by atoms with Crippen LogP contribution in [0.25, 0.3) is 11.3 Å². The van der Waals surface area contributed by atoms with E-state index in [9.17, 15) is 13.2 Å². The molecule has 0 saturated heterocycles. The highest BCUT2D eigenvalue weighted by Gasteiger charge is 2.36. The van der Waals surface area contributed by atoms with E-state index >= 15 is 0 Å². The van der Waals surface area contributed by atoms with Crippen LogP contribution in [0.3, 0.4) is 0 Å². The van der Waals surface area contributed by atoms with Crippen LogP contribution in [-0.2, 0) is 12.7 Å². The van der Waals surface area contributed by atoms with Crippen LogP contribution >= 0.6 is 22.6 Å². The van der Waals surface area contributed by atoms with E-state index < -0.39 is 11.7 Å². The molecule has 25 heavy (non-hydrogen) atoms. The average Bonchev–Trinajstić information content (AvgIpc) is 2.92. The molecule has 0 radical (unpaired) electrons. The molecule has 0 fully saturated rings. The summed E-state index contributed by atoms with van der Waals surface area (Å²) in [4.78, 5) is 0. The van der Waals surface area contributed by atoms with Gasteiger partial charge < -0.3 is 4.57 Å². The van der Waals surface area contributed by atoms with Gasteiger partial charge in [0.1, 0.15) is 0 Å². The Balaban J connectivity index is 2.13. The molecule has 1 aromatic heterocycles. The second-order valence-electron chi connectivity index (χ2n) is 5.51. The zero-order valence-corrected chi connectivity index (χ0v) is 15.0. The second-order valence-corrected chi connectivity index (χ2v) is 6.58. The van der Waals surface area contributed by atoms with E-state index in [-0.39, 0.29) is 3.57 Å². The van der Waals surface area contributed by atoms with Gasteiger partial charge in [-0.05, 0) is 45.9 Å². The lowest BCUT2D eigenvalue weighted by atomic mass is 10.1. The molecule has 0 N–H and O–H groups in total. The van der Waals surface area contributed by atoms with Gasteiger partial charge in [-0.3, -0.25) is 0 Å². The number of nitrogens with zero attached hydrogens (tertiary/aromatic N) is 2. The summed E-state index contributed by atoms with van der Waals surface area (Å²) in [6.07, 6.45) is -3.26. The SMILES string of the molecule is N#Cc1ccc(-c2c(I)c(C(F)(F)F)cn2Cc2ccccc2)cc1. The molecule has 0 aliphatic heterocycles. The van der Waals surface area contributed by atoms with E-state index in [0.29, 0.717) is 23.4 Å². The van der Waals surface area contributed by atoms with Gasteiger partial charge in [0.25, 0.3) is 0 Å². The Kier molecular flexibility index (Phi) is 4.86. The minimum absolute atomic E-state index is 0.158. The number of benzene rings is 2. The Hall–Kier alpha value is -2.27. The second kappa shape index (κ2) is 6.92. The maximum absolute atomic E-state index is 13.4. The number of halogens is 4. The number of aromatic nitrogens is 1. The number of alkyl halides is 3. The fourth-order valence-corrected chi connectivity index (χ4v) is 3.69. The number of hydrogen-bond acceptors (Lipinski definition) is 1. The van der Waals surface area contributed by atoms with Gasteiger partial charge in [0.2, 0.25) is 0 Å². The summed E-state index contributed by atoms with van der Waals surface area (Å²) in [7, 11) is 0. The Morgan fingerprint density at radius 3 is 2.20 bits per heavy atom. The van der Waals surface area contributed by atoms with E-state index in [1.165, 1.54) is 0 Å². The first-order chi connectivity index (χ1) is 11.9. The summed E-state index contributed by atoms with van der Waals surface area (Å²) in [5, 5.41) is 8.91. The summed E-state index contributed by atoms with van der Waals surface area (Å²) >= 11 is 1.75. The van der Waals surface area contributed by atoms with Crippen molar-refractivity contribution >= 4 is 22.6 Å².